The van der Waals surface area contributed by atoms with Gasteiger partial charge in [0.2, 0.25) is 0 Å². The monoisotopic (exact) mass is 132 g/mol. The van der Waals surface area contributed by atoms with Crippen molar-refractivity contribution in [2.75, 3.05) is 0 Å². The molecule has 1 heterocycles. The van der Waals surface area contributed by atoms with Gasteiger partial charge in [-0.05, 0) is 12.5 Å². The zero-order valence-electron chi connectivity index (χ0n) is 5.83. The molecule has 0 radical (unpaired) electrons. The average Bonchev–Trinajstić information content (AvgIpc) is 2.05. The van der Waals surface area contributed by atoms with E-state index in [1.165, 1.54) is 6.33 Å². The summed E-state index contributed by atoms with van der Waals surface area (Å²) in [7, 11) is 0. The first-order chi connectivity index (χ1) is 4.86. The van der Waals surface area contributed by atoms with E-state index in [2.05, 4.69) is 15.9 Å². The predicted octanol–water partition coefficient (Wildman–Crippen LogP) is 1.02. The van der Waals surface area contributed by atoms with Gasteiger partial charge in [-0.25, -0.2) is 9.97 Å². The smallest absolute Gasteiger partial charge is 0.117 e. The summed E-state index contributed by atoms with van der Waals surface area (Å²) in [5, 5.41) is 0. The number of rotatable bonds is 1. The Morgan fingerprint density at radius 3 is 3.00 bits per heavy atom. The van der Waals surface area contributed by atoms with Crippen LogP contribution in [0.3, 0.4) is 0 Å². The Morgan fingerprint density at radius 2 is 2.40 bits per heavy atom. The molecule has 0 fully saturated rings. The van der Waals surface area contributed by atoms with Gasteiger partial charge in [0.15, 0.2) is 0 Å². The molecule has 2 heteroatoms. The first-order valence-electron chi connectivity index (χ1n) is 3.14. The summed E-state index contributed by atoms with van der Waals surface area (Å²) in [5.41, 5.74) is 1.65. The van der Waals surface area contributed by atoms with Crippen molar-refractivity contribution in [1.29, 1.82) is 0 Å². The predicted molar refractivity (Wildman–Crippen MR) is 39.3 cm³/mol. The van der Waals surface area contributed by atoms with E-state index in [-0.39, 0.29) is 0 Å². The zero-order chi connectivity index (χ0) is 7.40. The van der Waals surface area contributed by atoms with Crippen molar-refractivity contribution in [2.45, 2.75) is 13.3 Å². The van der Waals surface area contributed by atoms with E-state index in [1.54, 1.807) is 0 Å². The first kappa shape index (κ1) is 6.76. The van der Waals surface area contributed by atoms with Crippen LogP contribution in [0.2, 0.25) is 0 Å². The van der Waals surface area contributed by atoms with Gasteiger partial charge in [0.05, 0.1) is 0 Å². The largest absolute Gasteiger partial charge is 0.241 e. The molecule has 0 atom stereocenters. The van der Waals surface area contributed by atoms with Crippen LogP contribution in [0.5, 0.6) is 0 Å². The van der Waals surface area contributed by atoms with Gasteiger partial charge in [-0.3, -0.25) is 0 Å². The third-order valence-corrected chi connectivity index (χ3v) is 1.23. The topological polar surface area (TPSA) is 25.8 Å². The van der Waals surface area contributed by atoms with Crippen LogP contribution in [0.25, 0.3) is 0 Å². The minimum absolute atomic E-state index is 0.659. The lowest BCUT2D eigenvalue weighted by Crippen LogP contribution is -1.90. The van der Waals surface area contributed by atoms with E-state index in [0.717, 1.165) is 12.1 Å². The maximum absolute atomic E-state index is 5.13. The van der Waals surface area contributed by atoms with Crippen molar-refractivity contribution in [3.05, 3.63) is 23.8 Å². The quantitative estimate of drug-likeness (QED) is 0.533. The molecule has 10 heavy (non-hydrogen) atoms. The van der Waals surface area contributed by atoms with Crippen molar-refractivity contribution in [1.82, 2.24) is 9.97 Å². The number of aromatic nitrogens is 2. The fourth-order valence-corrected chi connectivity index (χ4v) is 0.670. The Morgan fingerprint density at radius 1 is 1.60 bits per heavy atom. The molecule has 1 aromatic rings. The van der Waals surface area contributed by atoms with Gasteiger partial charge in [-0.2, -0.15) is 0 Å². The van der Waals surface area contributed by atoms with E-state index >= 15 is 0 Å². The van der Waals surface area contributed by atoms with Gasteiger partial charge in [0, 0.05) is 5.69 Å². The SMILES string of the molecule is C#Cc1cc(CC)ncn1. The normalized spacial score (nSPS) is 8.80. The molecule has 0 amide bonds. The average molecular weight is 132 g/mol. The molecule has 0 unspecified atom stereocenters. The molecule has 0 aromatic carbocycles. The Hall–Kier alpha value is -1.36. The van der Waals surface area contributed by atoms with E-state index in [1.807, 2.05) is 13.0 Å². The van der Waals surface area contributed by atoms with Crippen molar-refractivity contribution in [3.8, 4) is 12.3 Å². The van der Waals surface area contributed by atoms with E-state index in [0.29, 0.717) is 5.69 Å². The fraction of sp³-hybridized carbons (Fsp3) is 0.250. The molecule has 0 N–H and O–H groups in total. The van der Waals surface area contributed by atoms with Gasteiger partial charge in [0.25, 0.3) is 0 Å². The number of nitrogens with zero attached hydrogens (tertiary/aromatic N) is 2. The van der Waals surface area contributed by atoms with E-state index in [4.69, 9.17) is 6.42 Å². The number of aryl methyl sites for hydroxylation is 1. The number of terminal acetylenes is 1. The molecule has 1 aromatic heterocycles. The van der Waals surface area contributed by atoms with Crippen LogP contribution in [-0.4, -0.2) is 9.97 Å². The molecule has 2 nitrogen and oxygen atoms in total. The lowest BCUT2D eigenvalue weighted by Gasteiger charge is -1.92. The summed E-state index contributed by atoms with van der Waals surface area (Å²) in [6, 6.07) is 1.82. The van der Waals surface area contributed by atoms with Crippen LogP contribution in [0.4, 0.5) is 0 Å². The minimum Gasteiger partial charge on any atom is -0.241 e. The van der Waals surface area contributed by atoms with Gasteiger partial charge < -0.3 is 0 Å². The second-order valence-corrected chi connectivity index (χ2v) is 1.89. The molecular formula is C8H8N2. The van der Waals surface area contributed by atoms with Gasteiger partial charge >= 0.3 is 0 Å². The highest BCUT2D eigenvalue weighted by Crippen LogP contribution is 1.95. The molecule has 0 aliphatic rings. The highest BCUT2D eigenvalue weighted by molar-refractivity contribution is 5.24. The van der Waals surface area contributed by atoms with Crippen LogP contribution >= 0.6 is 0 Å². The Balaban J connectivity index is 3.01. The molecule has 0 spiro atoms. The second-order valence-electron chi connectivity index (χ2n) is 1.89. The van der Waals surface area contributed by atoms with E-state index in [9.17, 15) is 0 Å². The molecule has 50 valence electrons. The summed E-state index contributed by atoms with van der Waals surface area (Å²) in [5.74, 6) is 2.45. The summed E-state index contributed by atoms with van der Waals surface area (Å²) in [6.45, 7) is 2.03. The van der Waals surface area contributed by atoms with Crippen LogP contribution in [0, 0.1) is 12.3 Å². The Bertz CT molecular complexity index is 260. The van der Waals surface area contributed by atoms with Crippen LogP contribution in [0.15, 0.2) is 12.4 Å². The summed E-state index contributed by atoms with van der Waals surface area (Å²) in [6.07, 6.45) is 7.53. The van der Waals surface area contributed by atoms with Gasteiger partial charge in [0.1, 0.15) is 12.0 Å². The lowest BCUT2D eigenvalue weighted by atomic mass is 10.3. The summed E-state index contributed by atoms with van der Waals surface area (Å²) < 4.78 is 0. The molecule has 1 rings (SSSR count). The Kier molecular flexibility index (Phi) is 2.01. The highest BCUT2D eigenvalue weighted by Gasteiger charge is 1.90. The molecule has 0 aliphatic carbocycles. The summed E-state index contributed by atoms with van der Waals surface area (Å²) >= 11 is 0. The van der Waals surface area contributed by atoms with Gasteiger partial charge in [-0.1, -0.05) is 12.8 Å². The minimum atomic E-state index is 0.659. The van der Waals surface area contributed by atoms with Crippen molar-refractivity contribution < 1.29 is 0 Å². The molecule has 0 aliphatic heterocycles. The maximum Gasteiger partial charge on any atom is 0.117 e. The maximum atomic E-state index is 5.13. The Labute approximate surface area is 60.3 Å². The number of hydrogen-bond acceptors (Lipinski definition) is 2. The van der Waals surface area contributed by atoms with Crippen LogP contribution < -0.4 is 0 Å². The van der Waals surface area contributed by atoms with Crippen molar-refractivity contribution in [3.63, 3.8) is 0 Å². The van der Waals surface area contributed by atoms with Crippen molar-refractivity contribution in [2.24, 2.45) is 0 Å². The first-order valence-corrected chi connectivity index (χ1v) is 3.14. The number of hydrogen-bond donors (Lipinski definition) is 0. The second kappa shape index (κ2) is 2.98. The molecule has 0 bridgehead atoms. The van der Waals surface area contributed by atoms with Gasteiger partial charge in [-0.15, -0.1) is 6.42 Å². The third-order valence-electron chi connectivity index (χ3n) is 1.23. The third kappa shape index (κ3) is 1.32. The van der Waals surface area contributed by atoms with Crippen LogP contribution in [-0.2, 0) is 6.42 Å². The van der Waals surface area contributed by atoms with E-state index < -0.39 is 0 Å². The fourth-order valence-electron chi connectivity index (χ4n) is 0.670. The van der Waals surface area contributed by atoms with Crippen molar-refractivity contribution >= 4 is 0 Å². The standard InChI is InChI=1S/C8H8N2/c1-3-7-5-8(4-2)10-6-9-7/h1,5-6H,4H2,2H3. The van der Waals surface area contributed by atoms with Crippen LogP contribution in [0.1, 0.15) is 18.3 Å². The molecular weight excluding hydrogens is 124 g/mol. The molecule has 0 saturated carbocycles. The zero-order valence-corrected chi connectivity index (χ0v) is 5.83. The summed E-state index contributed by atoms with van der Waals surface area (Å²) in [4.78, 5) is 7.86. The lowest BCUT2D eigenvalue weighted by molar-refractivity contribution is 0.991. The molecule has 0 saturated heterocycles. The highest BCUT2D eigenvalue weighted by atomic mass is 14.8.